The molecular weight excluding hydrogens is 250 g/mol. The van der Waals surface area contributed by atoms with Gasteiger partial charge in [0.2, 0.25) is 0 Å². The molecule has 0 radical (unpaired) electrons. The number of methoxy groups -OCH3 is 1. The third-order valence-electron chi connectivity index (χ3n) is 3.25. The number of rotatable bonds is 6. The van der Waals surface area contributed by atoms with Gasteiger partial charge in [0.15, 0.2) is 0 Å². The summed E-state index contributed by atoms with van der Waals surface area (Å²) in [5.74, 6) is 1.81. The zero-order valence-corrected chi connectivity index (χ0v) is 12.1. The first-order valence-corrected chi connectivity index (χ1v) is 6.79. The Bertz CT molecular complexity index is 549. The Balaban J connectivity index is 2.09. The average molecular weight is 271 g/mol. The van der Waals surface area contributed by atoms with E-state index in [1.165, 1.54) is 5.56 Å². The maximum Gasteiger partial charge on any atom is 0.125 e. The minimum atomic E-state index is 0.548. The van der Waals surface area contributed by atoms with E-state index in [1.54, 1.807) is 7.11 Å². The Labute approximate surface area is 120 Å². The zero-order valence-electron chi connectivity index (χ0n) is 12.1. The SMILES string of the molecule is COc1ccc(COc2c(C)cccc2CCN)cc1. The Kier molecular flexibility index (Phi) is 5.02. The minimum Gasteiger partial charge on any atom is -0.497 e. The molecule has 0 bridgehead atoms. The Morgan fingerprint density at radius 1 is 1.05 bits per heavy atom. The van der Waals surface area contributed by atoms with Crippen LogP contribution >= 0.6 is 0 Å². The lowest BCUT2D eigenvalue weighted by Gasteiger charge is -2.14. The maximum absolute atomic E-state index is 5.98. The van der Waals surface area contributed by atoms with Gasteiger partial charge in [-0.25, -0.2) is 0 Å². The van der Waals surface area contributed by atoms with Crippen molar-refractivity contribution in [3.05, 3.63) is 59.2 Å². The third kappa shape index (κ3) is 3.52. The van der Waals surface area contributed by atoms with Crippen LogP contribution < -0.4 is 15.2 Å². The lowest BCUT2D eigenvalue weighted by Crippen LogP contribution is -2.06. The molecule has 0 saturated carbocycles. The van der Waals surface area contributed by atoms with Gasteiger partial charge in [-0.3, -0.25) is 0 Å². The molecule has 2 N–H and O–H groups in total. The number of benzene rings is 2. The molecule has 2 aromatic rings. The smallest absolute Gasteiger partial charge is 0.125 e. The van der Waals surface area contributed by atoms with Crippen molar-refractivity contribution >= 4 is 0 Å². The summed E-state index contributed by atoms with van der Waals surface area (Å²) in [7, 11) is 1.66. The van der Waals surface area contributed by atoms with Crippen molar-refractivity contribution in [1.82, 2.24) is 0 Å². The second-order valence-electron chi connectivity index (χ2n) is 4.74. The van der Waals surface area contributed by atoms with Crippen LogP contribution in [0.3, 0.4) is 0 Å². The molecule has 0 heterocycles. The van der Waals surface area contributed by atoms with Gasteiger partial charge in [-0.1, -0.05) is 30.3 Å². The lowest BCUT2D eigenvalue weighted by atomic mass is 10.1. The second-order valence-corrected chi connectivity index (χ2v) is 4.74. The maximum atomic E-state index is 5.98. The topological polar surface area (TPSA) is 44.5 Å². The molecule has 3 heteroatoms. The third-order valence-corrected chi connectivity index (χ3v) is 3.25. The van der Waals surface area contributed by atoms with Crippen LogP contribution in [0.5, 0.6) is 11.5 Å². The zero-order chi connectivity index (χ0) is 14.4. The summed E-state index contributed by atoms with van der Waals surface area (Å²) in [6.45, 7) is 3.23. The van der Waals surface area contributed by atoms with E-state index in [0.29, 0.717) is 13.2 Å². The van der Waals surface area contributed by atoms with Gasteiger partial charge in [-0.05, 0) is 48.7 Å². The van der Waals surface area contributed by atoms with Crippen LogP contribution in [0.1, 0.15) is 16.7 Å². The second kappa shape index (κ2) is 6.96. The molecule has 2 rings (SSSR count). The minimum absolute atomic E-state index is 0.548. The van der Waals surface area contributed by atoms with Crippen molar-refractivity contribution in [3.8, 4) is 11.5 Å². The molecule has 0 saturated heterocycles. The van der Waals surface area contributed by atoms with Crippen molar-refractivity contribution in [2.24, 2.45) is 5.73 Å². The molecule has 3 nitrogen and oxygen atoms in total. The van der Waals surface area contributed by atoms with Gasteiger partial charge >= 0.3 is 0 Å². The normalized spacial score (nSPS) is 10.3. The van der Waals surface area contributed by atoms with Crippen molar-refractivity contribution in [3.63, 3.8) is 0 Å². The van der Waals surface area contributed by atoms with Gasteiger partial charge in [0.1, 0.15) is 18.1 Å². The largest absolute Gasteiger partial charge is 0.497 e. The molecule has 0 aliphatic rings. The van der Waals surface area contributed by atoms with Crippen LogP contribution in [-0.2, 0) is 13.0 Å². The number of nitrogens with two attached hydrogens (primary N) is 1. The van der Waals surface area contributed by atoms with E-state index >= 15 is 0 Å². The number of aryl methyl sites for hydroxylation is 1. The fourth-order valence-electron chi connectivity index (χ4n) is 2.15. The van der Waals surface area contributed by atoms with E-state index in [0.717, 1.165) is 29.0 Å². The average Bonchev–Trinajstić information content (AvgIpc) is 2.47. The highest BCUT2D eigenvalue weighted by Gasteiger charge is 2.06. The van der Waals surface area contributed by atoms with Gasteiger partial charge in [-0.2, -0.15) is 0 Å². The molecule has 0 amide bonds. The van der Waals surface area contributed by atoms with Crippen molar-refractivity contribution in [2.75, 3.05) is 13.7 Å². The summed E-state index contributed by atoms with van der Waals surface area (Å²) in [5, 5.41) is 0. The molecule has 2 aromatic carbocycles. The molecule has 0 fully saturated rings. The van der Waals surface area contributed by atoms with Crippen molar-refractivity contribution < 1.29 is 9.47 Å². The van der Waals surface area contributed by atoms with Crippen LogP contribution in [0.4, 0.5) is 0 Å². The summed E-state index contributed by atoms with van der Waals surface area (Å²) >= 11 is 0. The first kappa shape index (κ1) is 14.4. The van der Waals surface area contributed by atoms with E-state index in [9.17, 15) is 0 Å². The van der Waals surface area contributed by atoms with E-state index in [4.69, 9.17) is 15.2 Å². The van der Waals surface area contributed by atoms with Gasteiger partial charge < -0.3 is 15.2 Å². The quantitative estimate of drug-likeness (QED) is 0.878. The lowest BCUT2D eigenvalue weighted by molar-refractivity contribution is 0.300. The van der Waals surface area contributed by atoms with E-state index in [-0.39, 0.29) is 0 Å². The predicted octanol–water partition coefficient (Wildman–Crippen LogP) is 3.08. The first-order chi connectivity index (χ1) is 9.74. The van der Waals surface area contributed by atoms with Gasteiger partial charge in [-0.15, -0.1) is 0 Å². The summed E-state index contributed by atoms with van der Waals surface area (Å²) in [6.07, 6.45) is 0.833. The van der Waals surface area contributed by atoms with E-state index in [1.807, 2.05) is 30.3 Å². The Morgan fingerprint density at radius 3 is 2.45 bits per heavy atom. The highest BCUT2D eigenvalue weighted by atomic mass is 16.5. The Morgan fingerprint density at radius 2 is 1.80 bits per heavy atom. The summed E-state index contributed by atoms with van der Waals surface area (Å²) < 4.78 is 11.1. The summed E-state index contributed by atoms with van der Waals surface area (Å²) in [6, 6.07) is 14.1. The van der Waals surface area contributed by atoms with Crippen LogP contribution in [0, 0.1) is 6.92 Å². The van der Waals surface area contributed by atoms with Gasteiger partial charge in [0.05, 0.1) is 7.11 Å². The van der Waals surface area contributed by atoms with E-state index in [2.05, 4.69) is 19.1 Å². The Hall–Kier alpha value is -2.00. The molecule has 0 aromatic heterocycles. The van der Waals surface area contributed by atoms with E-state index < -0.39 is 0 Å². The monoisotopic (exact) mass is 271 g/mol. The number of ether oxygens (including phenoxy) is 2. The standard InChI is InChI=1S/C17H21NO2/c1-13-4-3-5-15(10-11-18)17(13)20-12-14-6-8-16(19-2)9-7-14/h3-9H,10-12,18H2,1-2H3. The number of para-hydroxylation sites is 1. The predicted molar refractivity (Wildman–Crippen MR) is 81.3 cm³/mol. The summed E-state index contributed by atoms with van der Waals surface area (Å²) in [5.41, 5.74) is 9.08. The highest BCUT2D eigenvalue weighted by molar-refractivity contribution is 5.41. The number of hydrogen-bond donors (Lipinski definition) is 1. The molecule has 0 aliphatic carbocycles. The molecule has 0 atom stereocenters. The van der Waals surface area contributed by atoms with Crippen LogP contribution in [0.2, 0.25) is 0 Å². The van der Waals surface area contributed by atoms with Gasteiger partial charge in [0.25, 0.3) is 0 Å². The first-order valence-electron chi connectivity index (χ1n) is 6.79. The van der Waals surface area contributed by atoms with Crippen LogP contribution in [0.15, 0.2) is 42.5 Å². The molecule has 20 heavy (non-hydrogen) atoms. The number of hydrogen-bond acceptors (Lipinski definition) is 3. The molecule has 0 unspecified atom stereocenters. The highest BCUT2D eigenvalue weighted by Crippen LogP contribution is 2.25. The fraction of sp³-hybridized carbons (Fsp3) is 0.294. The van der Waals surface area contributed by atoms with Crippen molar-refractivity contribution in [1.29, 1.82) is 0 Å². The molecule has 0 aliphatic heterocycles. The molecule has 0 spiro atoms. The molecular formula is C17H21NO2. The molecule has 106 valence electrons. The van der Waals surface area contributed by atoms with Crippen molar-refractivity contribution in [2.45, 2.75) is 20.0 Å². The van der Waals surface area contributed by atoms with Gasteiger partial charge in [0, 0.05) is 0 Å². The summed E-state index contributed by atoms with van der Waals surface area (Å²) in [4.78, 5) is 0. The van der Waals surface area contributed by atoms with Crippen LogP contribution in [-0.4, -0.2) is 13.7 Å². The van der Waals surface area contributed by atoms with Crippen LogP contribution in [0.25, 0.3) is 0 Å². The fourth-order valence-corrected chi connectivity index (χ4v) is 2.15.